The summed E-state index contributed by atoms with van der Waals surface area (Å²) in [6, 6.07) is 20.6. The second kappa shape index (κ2) is 19.2. The molecule has 68 heavy (non-hydrogen) atoms. The van der Waals surface area contributed by atoms with Crippen LogP contribution in [-0.2, 0) is 73.5 Å². The van der Waals surface area contributed by atoms with Crippen LogP contribution in [0.2, 0.25) is 0 Å². The molecule has 2 aromatic carbocycles. The first-order valence-corrected chi connectivity index (χ1v) is 25.2. The van der Waals surface area contributed by atoms with Crippen molar-refractivity contribution in [3.8, 4) is 22.3 Å². The number of hydrogen-bond donors (Lipinski definition) is 0. The number of nitrogens with zero attached hydrogens (tertiary/aromatic N) is 8. The molecule has 2 spiro atoms. The zero-order valence-electron chi connectivity index (χ0n) is 36.8. The van der Waals surface area contributed by atoms with Crippen LogP contribution in [0.3, 0.4) is 0 Å². The fourth-order valence-electron chi connectivity index (χ4n) is 8.65. The molecule has 20 heteroatoms. The van der Waals surface area contributed by atoms with E-state index in [1.807, 2.05) is 50.8 Å². The van der Waals surface area contributed by atoms with E-state index in [1.165, 1.54) is 7.94 Å². The van der Waals surface area contributed by atoms with Gasteiger partial charge in [0.15, 0.2) is 22.9 Å². The number of pyridine rings is 2. The summed E-state index contributed by atoms with van der Waals surface area (Å²) in [5.41, 5.74) is 5.94. The van der Waals surface area contributed by atoms with Gasteiger partial charge in [0.25, 0.3) is 20.0 Å². The van der Waals surface area contributed by atoms with Crippen molar-refractivity contribution in [1.82, 2.24) is 37.5 Å². The number of hydrogen-bond acceptors (Lipinski definition) is 12. The SMILES string of the molecule is C1=CC2(CC1)OCCO2.Cn1cc(-c2cn(S(=O)(=O)c3ccccc3)c3ncc(Br)cc23)cn1.Cn1cc(-c2cn(S(=O)(=O)c3ccccc3)c3ncc(C4=CC5(CC4)OCCO5)cc23)cn1.[Pd]. The molecule has 2 aliphatic heterocycles. The van der Waals surface area contributed by atoms with Gasteiger partial charge in [0, 0.05) is 122 Å². The number of halogens is 1. The van der Waals surface area contributed by atoms with Gasteiger partial charge in [-0.1, -0.05) is 42.5 Å². The number of benzene rings is 2. The maximum Gasteiger partial charge on any atom is 0.269 e. The Labute approximate surface area is 415 Å². The molecule has 8 aromatic rings. The molecule has 16 nitrogen and oxygen atoms in total. The third kappa shape index (κ3) is 9.24. The minimum Gasteiger partial charge on any atom is -0.344 e. The Hall–Kier alpha value is -5.40. The van der Waals surface area contributed by atoms with E-state index in [9.17, 15) is 16.8 Å². The number of ether oxygens (including phenoxy) is 4. The van der Waals surface area contributed by atoms with Gasteiger partial charge in [-0.15, -0.1) is 0 Å². The average Bonchev–Trinajstić information content (AvgIpc) is 4.21. The Morgan fingerprint density at radius 2 is 1.10 bits per heavy atom. The molecule has 4 aliphatic rings. The molecule has 2 aliphatic carbocycles. The Kier molecular flexibility index (Phi) is 13.4. The Balaban J connectivity index is 0.000000145. The quantitative estimate of drug-likeness (QED) is 0.111. The van der Waals surface area contributed by atoms with Crippen LogP contribution in [0.25, 0.3) is 49.9 Å². The number of allylic oxidation sites excluding steroid dienone is 2. The molecule has 0 amide bonds. The van der Waals surface area contributed by atoms with E-state index >= 15 is 0 Å². The van der Waals surface area contributed by atoms with E-state index in [1.54, 1.807) is 107 Å². The summed E-state index contributed by atoms with van der Waals surface area (Å²) < 4.78 is 82.1. The molecule has 354 valence electrons. The Morgan fingerprint density at radius 1 is 0.603 bits per heavy atom. The van der Waals surface area contributed by atoms with E-state index in [4.69, 9.17) is 18.9 Å². The Bertz CT molecular complexity index is 3410. The van der Waals surface area contributed by atoms with Crippen LogP contribution in [0, 0.1) is 0 Å². The van der Waals surface area contributed by atoms with Crippen LogP contribution in [0.15, 0.2) is 155 Å². The molecule has 2 saturated heterocycles. The number of fused-ring (bicyclic) bond motifs is 2. The van der Waals surface area contributed by atoms with E-state index in [2.05, 4.69) is 42.2 Å². The second-order valence-corrected chi connectivity index (χ2v) is 20.9. The van der Waals surface area contributed by atoms with Crippen LogP contribution in [0.4, 0.5) is 0 Å². The predicted octanol–water partition coefficient (Wildman–Crippen LogP) is 8.11. The molecule has 12 rings (SSSR count). The van der Waals surface area contributed by atoms with Crippen LogP contribution in [-0.4, -0.2) is 92.3 Å². The molecule has 0 bridgehead atoms. The van der Waals surface area contributed by atoms with Crippen molar-refractivity contribution >= 4 is 63.6 Å². The maximum atomic E-state index is 13.5. The molecular formula is C48H45BrN8O8PdS2. The fourth-order valence-corrected chi connectivity index (χ4v) is 11.7. The van der Waals surface area contributed by atoms with Gasteiger partial charge in [-0.3, -0.25) is 9.36 Å². The standard InChI is InChI=1S/C24H22N4O4S.C17H13BrN4O2S.C7H10O2.Pd/c1-27-15-19(14-26-27)22-16-28(33(29,30)20-5-3-2-4-6-20)23-21(22)11-18(13-25-23)17-7-8-24(12-17)31-9-10-32-24;1-21-10-12(8-20-21)16-11-22(17-15(16)7-13(18)9-19-17)25(23,24)14-5-3-2-4-6-14;1-2-4-7(3-1)8-5-6-9-7;/h2-6,11-16H,7-10H2,1H3;2-11H,1H3;1,3H,2,4-6H2;. The van der Waals surface area contributed by atoms with E-state index in [-0.39, 0.29) is 36.0 Å². The number of aromatic nitrogens is 8. The zero-order valence-corrected chi connectivity index (χ0v) is 41.6. The Morgan fingerprint density at radius 3 is 1.59 bits per heavy atom. The van der Waals surface area contributed by atoms with Crippen LogP contribution >= 0.6 is 15.9 Å². The molecule has 0 radical (unpaired) electrons. The molecule has 0 saturated carbocycles. The van der Waals surface area contributed by atoms with Crippen molar-refractivity contribution in [3.63, 3.8) is 0 Å². The normalized spacial score (nSPS) is 17.0. The van der Waals surface area contributed by atoms with E-state index in [0.29, 0.717) is 24.5 Å². The molecule has 0 unspecified atom stereocenters. The summed E-state index contributed by atoms with van der Waals surface area (Å²) in [5, 5.41) is 9.93. The van der Waals surface area contributed by atoms with Crippen molar-refractivity contribution < 1.29 is 56.2 Å². The van der Waals surface area contributed by atoms with Crippen LogP contribution < -0.4 is 0 Å². The van der Waals surface area contributed by atoms with Crippen LogP contribution in [0.1, 0.15) is 31.2 Å². The van der Waals surface area contributed by atoms with Gasteiger partial charge in [0.1, 0.15) is 0 Å². The minimum atomic E-state index is -3.82. The first kappa shape index (κ1) is 47.7. The maximum absolute atomic E-state index is 13.5. The molecule has 6 aromatic heterocycles. The third-order valence-corrected chi connectivity index (χ3v) is 15.7. The molecular weight excluding hydrogens is 1070 g/mol. The first-order chi connectivity index (χ1) is 32.3. The summed E-state index contributed by atoms with van der Waals surface area (Å²) in [5.74, 6) is -0.931. The van der Waals surface area contributed by atoms with Gasteiger partial charge in [-0.05, 0) is 88.5 Å². The summed E-state index contributed by atoms with van der Waals surface area (Å²) in [6.45, 7) is 2.69. The third-order valence-electron chi connectivity index (χ3n) is 11.9. The van der Waals surface area contributed by atoms with Crippen molar-refractivity contribution in [3.05, 3.63) is 151 Å². The largest absolute Gasteiger partial charge is 0.344 e. The van der Waals surface area contributed by atoms with E-state index < -0.39 is 25.8 Å². The monoisotopic (exact) mass is 1110 g/mol. The van der Waals surface area contributed by atoms with Gasteiger partial charge in [0.05, 0.1) is 48.6 Å². The summed E-state index contributed by atoms with van der Waals surface area (Å²) >= 11 is 3.41. The summed E-state index contributed by atoms with van der Waals surface area (Å²) in [6.07, 6.45) is 23.5. The molecule has 0 N–H and O–H groups in total. The second-order valence-electron chi connectivity index (χ2n) is 16.4. The molecule has 0 atom stereocenters. The van der Waals surface area contributed by atoms with Crippen molar-refractivity contribution in [2.45, 2.75) is 47.0 Å². The van der Waals surface area contributed by atoms with E-state index in [0.717, 1.165) is 87.5 Å². The number of aryl methyl sites for hydroxylation is 2. The molecule has 2 fully saturated rings. The van der Waals surface area contributed by atoms with Gasteiger partial charge < -0.3 is 18.9 Å². The van der Waals surface area contributed by atoms with Crippen molar-refractivity contribution in [2.75, 3.05) is 26.4 Å². The van der Waals surface area contributed by atoms with Gasteiger partial charge in [-0.2, -0.15) is 10.2 Å². The zero-order chi connectivity index (χ0) is 46.4. The molecule has 8 heterocycles. The van der Waals surface area contributed by atoms with Crippen molar-refractivity contribution in [1.29, 1.82) is 0 Å². The summed E-state index contributed by atoms with van der Waals surface area (Å²) in [4.78, 5) is 9.38. The van der Waals surface area contributed by atoms with Gasteiger partial charge >= 0.3 is 0 Å². The van der Waals surface area contributed by atoms with Gasteiger partial charge in [-0.25, -0.2) is 34.7 Å². The van der Waals surface area contributed by atoms with Gasteiger partial charge in [0.2, 0.25) is 0 Å². The smallest absolute Gasteiger partial charge is 0.269 e. The number of rotatable bonds is 7. The van der Waals surface area contributed by atoms with Crippen molar-refractivity contribution in [2.24, 2.45) is 14.1 Å². The fraction of sp³-hybridized carbons (Fsp3) is 0.250. The predicted molar refractivity (Wildman–Crippen MR) is 254 cm³/mol. The minimum absolute atomic E-state index is 0. The topological polar surface area (TPSA) is 176 Å². The average molecular weight is 1110 g/mol. The van der Waals surface area contributed by atoms with Crippen LogP contribution in [0.5, 0.6) is 0 Å². The first-order valence-electron chi connectivity index (χ1n) is 21.6. The summed E-state index contributed by atoms with van der Waals surface area (Å²) in [7, 11) is -3.92.